The average molecular weight is 328 g/mol. The highest BCUT2D eigenvalue weighted by Crippen LogP contribution is 2.23. The summed E-state index contributed by atoms with van der Waals surface area (Å²) in [5.74, 6) is -1.82. The molecule has 124 valence electrons. The van der Waals surface area contributed by atoms with Crippen LogP contribution in [-0.4, -0.2) is 33.9 Å². The van der Waals surface area contributed by atoms with Gasteiger partial charge in [-0.1, -0.05) is 30.3 Å². The van der Waals surface area contributed by atoms with Crippen molar-refractivity contribution in [1.29, 1.82) is 0 Å². The Kier molecular flexibility index (Phi) is 4.93. The lowest BCUT2D eigenvalue weighted by molar-refractivity contribution is -0.384. The van der Waals surface area contributed by atoms with Crippen molar-refractivity contribution in [2.45, 2.75) is 13.0 Å². The van der Waals surface area contributed by atoms with E-state index in [4.69, 9.17) is 5.11 Å². The molecule has 0 spiro atoms. The largest absolute Gasteiger partial charge is 0.478 e. The molecule has 7 heteroatoms. The number of carbonyl (C=O) groups excluding carboxylic acids is 1. The summed E-state index contributed by atoms with van der Waals surface area (Å²) in [6.07, 6.45) is 0. The lowest BCUT2D eigenvalue weighted by Crippen LogP contribution is -2.29. The van der Waals surface area contributed by atoms with Gasteiger partial charge in [0, 0.05) is 24.7 Å². The lowest BCUT2D eigenvalue weighted by Gasteiger charge is -2.25. The van der Waals surface area contributed by atoms with Gasteiger partial charge in [0.15, 0.2) is 0 Å². The molecule has 0 aromatic heterocycles. The van der Waals surface area contributed by atoms with Crippen molar-refractivity contribution in [2.75, 3.05) is 7.05 Å². The van der Waals surface area contributed by atoms with E-state index < -0.39 is 22.5 Å². The number of nitro groups is 1. The minimum Gasteiger partial charge on any atom is -0.478 e. The van der Waals surface area contributed by atoms with E-state index in [0.717, 1.165) is 23.8 Å². The van der Waals surface area contributed by atoms with E-state index in [-0.39, 0.29) is 17.2 Å². The molecular weight excluding hydrogens is 312 g/mol. The molecule has 0 bridgehead atoms. The fourth-order valence-electron chi connectivity index (χ4n) is 2.30. The van der Waals surface area contributed by atoms with Gasteiger partial charge in [0.25, 0.3) is 11.6 Å². The summed E-state index contributed by atoms with van der Waals surface area (Å²) < 4.78 is 0. The van der Waals surface area contributed by atoms with Gasteiger partial charge in [0.05, 0.1) is 16.5 Å². The number of nitrogens with zero attached hydrogens (tertiary/aromatic N) is 2. The van der Waals surface area contributed by atoms with Crippen LogP contribution in [0.2, 0.25) is 0 Å². The zero-order valence-corrected chi connectivity index (χ0v) is 13.2. The second-order valence-corrected chi connectivity index (χ2v) is 5.33. The lowest BCUT2D eigenvalue weighted by atomic mass is 10.0. The number of hydrogen-bond acceptors (Lipinski definition) is 4. The highest BCUT2D eigenvalue weighted by atomic mass is 16.6. The Morgan fingerprint density at radius 2 is 1.71 bits per heavy atom. The van der Waals surface area contributed by atoms with E-state index in [0.29, 0.717) is 0 Å². The van der Waals surface area contributed by atoms with Crippen molar-refractivity contribution in [3.63, 3.8) is 0 Å². The van der Waals surface area contributed by atoms with Crippen LogP contribution < -0.4 is 0 Å². The topological polar surface area (TPSA) is 101 Å². The average Bonchev–Trinajstić information content (AvgIpc) is 2.60. The number of hydrogen-bond donors (Lipinski definition) is 1. The molecule has 0 fully saturated rings. The van der Waals surface area contributed by atoms with Crippen molar-refractivity contribution in [3.05, 3.63) is 75.3 Å². The molecule has 1 N–H and O–H groups in total. The van der Waals surface area contributed by atoms with Gasteiger partial charge in [-0.05, 0) is 18.6 Å². The van der Waals surface area contributed by atoms with Crippen LogP contribution in [0.25, 0.3) is 0 Å². The van der Waals surface area contributed by atoms with Crippen LogP contribution in [-0.2, 0) is 0 Å². The summed E-state index contributed by atoms with van der Waals surface area (Å²) in [6, 6.07) is 12.2. The smallest absolute Gasteiger partial charge is 0.335 e. The zero-order chi connectivity index (χ0) is 17.9. The predicted octanol–water partition coefficient (Wildman–Crippen LogP) is 3.13. The molecule has 7 nitrogen and oxygen atoms in total. The SMILES string of the molecule is CC(c1ccccc1)N(C)C(=O)c1cc(C(=O)O)cc([N+](=O)[O-])c1. The molecule has 0 aliphatic rings. The first-order valence-corrected chi connectivity index (χ1v) is 7.16. The van der Waals surface area contributed by atoms with Gasteiger partial charge >= 0.3 is 5.97 Å². The fourth-order valence-corrected chi connectivity index (χ4v) is 2.30. The Morgan fingerprint density at radius 3 is 2.25 bits per heavy atom. The molecule has 24 heavy (non-hydrogen) atoms. The molecule has 1 amide bonds. The van der Waals surface area contributed by atoms with Gasteiger partial charge in [-0.3, -0.25) is 14.9 Å². The van der Waals surface area contributed by atoms with E-state index in [1.165, 1.54) is 4.90 Å². The molecule has 1 atom stereocenters. The van der Waals surface area contributed by atoms with E-state index in [1.54, 1.807) is 7.05 Å². The second kappa shape index (κ2) is 6.91. The summed E-state index contributed by atoms with van der Waals surface area (Å²) in [7, 11) is 1.57. The van der Waals surface area contributed by atoms with Crippen LogP contribution in [0.1, 0.15) is 39.2 Å². The molecule has 0 radical (unpaired) electrons. The van der Waals surface area contributed by atoms with Crippen LogP contribution in [0.4, 0.5) is 5.69 Å². The molecule has 0 saturated heterocycles. The number of carboxylic acid groups (broad SMARTS) is 1. The molecule has 2 aromatic carbocycles. The molecule has 0 saturated carbocycles. The standard InChI is InChI=1S/C17H16N2O5/c1-11(12-6-4-3-5-7-12)18(2)16(20)13-8-14(17(21)22)10-15(9-13)19(23)24/h3-11H,1-2H3,(H,21,22). The van der Waals surface area contributed by atoms with Gasteiger partial charge in [-0.2, -0.15) is 0 Å². The van der Waals surface area contributed by atoms with E-state index in [2.05, 4.69) is 0 Å². The van der Waals surface area contributed by atoms with Crippen molar-refractivity contribution < 1.29 is 19.6 Å². The Labute approximate surface area is 138 Å². The van der Waals surface area contributed by atoms with Crippen LogP contribution in [0.3, 0.4) is 0 Å². The van der Waals surface area contributed by atoms with Gasteiger partial charge in [-0.15, -0.1) is 0 Å². The van der Waals surface area contributed by atoms with Crippen LogP contribution in [0.5, 0.6) is 0 Å². The van der Waals surface area contributed by atoms with Crippen molar-refractivity contribution in [3.8, 4) is 0 Å². The Hall–Kier alpha value is -3.22. The Bertz CT molecular complexity index is 757. The minimum atomic E-state index is -1.33. The molecule has 0 aliphatic heterocycles. The fraction of sp³-hybridized carbons (Fsp3) is 0.176. The minimum absolute atomic E-state index is 0.0353. The van der Waals surface area contributed by atoms with E-state index in [9.17, 15) is 19.7 Å². The summed E-state index contributed by atoms with van der Waals surface area (Å²) in [4.78, 5) is 35.4. The first kappa shape index (κ1) is 17.1. The van der Waals surface area contributed by atoms with Gasteiger partial charge < -0.3 is 10.0 Å². The molecule has 2 rings (SSSR count). The number of nitro benzene ring substituents is 1. The van der Waals surface area contributed by atoms with Gasteiger partial charge in [-0.25, -0.2) is 4.79 Å². The summed E-state index contributed by atoms with van der Waals surface area (Å²) >= 11 is 0. The maximum Gasteiger partial charge on any atom is 0.335 e. The quantitative estimate of drug-likeness (QED) is 0.671. The zero-order valence-electron chi connectivity index (χ0n) is 13.2. The number of carboxylic acids is 1. The van der Waals surface area contributed by atoms with Gasteiger partial charge in [0.1, 0.15) is 0 Å². The molecule has 2 aromatic rings. The normalized spacial score (nSPS) is 11.6. The van der Waals surface area contributed by atoms with E-state index >= 15 is 0 Å². The molecule has 0 heterocycles. The number of amides is 1. The first-order chi connectivity index (χ1) is 11.3. The van der Waals surface area contributed by atoms with Crippen molar-refractivity contribution in [2.24, 2.45) is 0 Å². The third kappa shape index (κ3) is 3.57. The molecule has 1 unspecified atom stereocenters. The number of rotatable bonds is 5. The molecular formula is C17H16N2O5. The summed E-state index contributed by atoms with van der Waals surface area (Å²) in [6.45, 7) is 1.82. The first-order valence-electron chi connectivity index (χ1n) is 7.16. The number of non-ortho nitro benzene ring substituents is 1. The van der Waals surface area contributed by atoms with E-state index in [1.807, 2.05) is 37.3 Å². The van der Waals surface area contributed by atoms with Crippen LogP contribution in [0, 0.1) is 10.1 Å². The van der Waals surface area contributed by atoms with Gasteiger partial charge in [0.2, 0.25) is 0 Å². The third-order valence-electron chi connectivity index (χ3n) is 3.81. The molecule has 0 aliphatic carbocycles. The van der Waals surface area contributed by atoms with Crippen molar-refractivity contribution in [1.82, 2.24) is 4.90 Å². The van der Waals surface area contributed by atoms with Crippen LogP contribution >= 0.6 is 0 Å². The Balaban J connectivity index is 2.38. The summed E-state index contributed by atoms with van der Waals surface area (Å²) in [5.41, 5.74) is 0.136. The van der Waals surface area contributed by atoms with Crippen molar-refractivity contribution >= 4 is 17.6 Å². The predicted molar refractivity (Wildman–Crippen MR) is 87.0 cm³/mol. The summed E-state index contributed by atoms with van der Waals surface area (Å²) in [5, 5.41) is 20.0. The third-order valence-corrected chi connectivity index (χ3v) is 3.81. The Morgan fingerprint density at radius 1 is 1.12 bits per heavy atom. The maximum atomic E-state index is 12.6. The number of carbonyl (C=O) groups is 2. The highest BCUT2D eigenvalue weighted by Gasteiger charge is 2.23. The van der Waals surface area contributed by atoms with Crippen LogP contribution in [0.15, 0.2) is 48.5 Å². The second-order valence-electron chi connectivity index (χ2n) is 5.33. The number of aromatic carboxylic acids is 1. The monoisotopic (exact) mass is 328 g/mol. The highest BCUT2D eigenvalue weighted by molar-refractivity contribution is 5.98. The maximum absolute atomic E-state index is 12.6. The number of benzene rings is 2.